The molecule has 20 heavy (non-hydrogen) atoms. The van der Waals surface area contributed by atoms with Crippen LogP contribution in [-0.2, 0) is 14.3 Å². The van der Waals surface area contributed by atoms with E-state index in [4.69, 9.17) is 4.74 Å². The summed E-state index contributed by atoms with van der Waals surface area (Å²) in [5, 5.41) is 6.13. The minimum atomic E-state index is -0.572. The maximum absolute atomic E-state index is 12.5. The van der Waals surface area contributed by atoms with Crippen LogP contribution >= 0.6 is 0 Å². The van der Waals surface area contributed by atoms with Crippen LogP contribution in [0.25, 0.3) is 0 Å². The zero-order valence-corrected chi connectivity index (χ0v) is 13.3. The predicted molar refractivity (Wildman–Crippen MR) is 78.2 cm³/mol. The number of piperidine rings is 1. The second kappa shape index (κ2) is 7.07. The molecule has 116 valence electrons. The Morgan fingerprint density at radius 2 is 2.10 bits per heavy atom. The summed E-state index contributed by atoms with van der Waals surface area (Å²) >= 11 is 0. The number of hydrogen-bond donors (Lipinski definition) is 2. The lowest BCUT2D eigenvalue weighted by atomic mass is 9.77. The molecular formula is C15H28N2O3. The molecule has 0 aromatic heterocycles. The first-order chi connectivity index (χ1) is 9.33. The van der Waals surface area contributed by atoms with Gasteiger partial charge in [-0.25, -0.2) is 4.79 Å². The van der Waals surface area contributed by atoms with E-state index in [0.29, 0.717) is 0 Å². The van der Waals surface area contributed by atoms with Crippen molar-refractivity contribution in [1.29, 1.82) is 0 Å². The summed E-state index contributed by atoms with van der Waals surface area (Å²) in [6, 6.07) is -0.829. The smallest absolute Gasteiger partial charge is 0.328 e. The standard InChI is InChI=1S/C15H28N2O3/c1-6-10(2)11(14(19)20-5)17-13(18)12-15(3,4)8-7-9-16-12/h10-12,16H,6-9H2,1-5H3,(H,17,18). The van der Waals surface area contributed by atoms with Crippen molar-refractivity contribution < 1.29 is 14.3 Å². The van der Waals surface area contributed by atoms with Gasteiger partial charge in [-0.2, -0.15) is 0 Å². The third-order valence-corrected chi connectivity index (χ3v) is 4.36. The number of carbonyl (C=O) groups is 2. The SMILES string of the molecule is CCC(C)C(NC(=O)C1NCCCC1(C)C)C(=O)OC. The number of rotatable bonds is 5. The molecule has 1 heterocycles. The van der Waals surface area contributed by atoms with Gasteiger partial charge in [-0.1, -0.05) is 34.1 Å². The highest BCUT2D eigenvalue weighted by atomic mass is 16.5. The Kier molecular flexibility index (Phi) is 5.99. The van der Waals surface area contributed by atoms with Crippen LogP contribution in [0.5, 0.6) is 0 Å². The van der Waals surface area contributed by atoms with Gasteiger partial charge >= 0.3 is 5.97 Å². The Labute approximate surface area is 121 Å². The molecule has 5 nitrogen and oxygen atoms in total. The highest BCUT2D eigenvalue weighted by Crippen LogP contribution is 2.30. The molecule has 0 saturated carbocycles. The minimum absolute atomic E-state index is 0.0538. The van der Waals surface area contributed by atoms with Crippen LogP contribution in [-0.4, -0.2) is 37.6 Å². The van der Waals surface area contributed by atoms with E-state index in [9.17, 15) is 9.59 Å². The normalized spacial score (nSPS) is 24.6. The average molecular weight is 284 g/mol. The van der Waals surface area contributed by atoms with Crippen LogP contribution in [0, 0.1) is 11.3 Å². The average Bonchev–Trinajstić information content (AvgIpc) is 2.42. The molecule has 3 unspecified atom stereocenters. The van der Waals surface area contributed by atoms with Crippen molar-refractivity contribution in [3.8, 4) is 0 Å². The minimum Gasteiger partial charge on any atom is -0.467 e. The van der Waals surface area contributed by atoms with Crippen LogP contribution in [0.15, 0.2) is 0 Å². The van der Waals surface area contributed by atoms with E-state index in [1.165, 1.54) is 7.11 Å². The summed E-state index contributed by atoms with van der Waals surface area (Å²) in [5.41, 5.74) is -0.0988. The Morgan fingerprint density at radius 3 is 2.60 bits per heavy atom. The highest BCUT2D eigenvalue weighted by Gasteiger charge is 2.39. The van der Waals surface area contributed by atoms with Crippen molar-refractivity contribution in [3.63, 3.8) is 0 Å². The molecule has 1 fully saturated rings. The summed E-state index contributed by atoms with van der Waals surface area (Å²) in [4.78, 5) is 24.3. The maximum Gasteiger partial charge on any atom is 0.328 e. The van der Waals surface area contributed by atoms with Crippen LogP contribution in [0.4, 0.5) is 0 Å². The first-order valence-electron chi connectivity index (χ1n) is 7.45. The molecule has 1 amide bonds. The molecule has 0 spiro atoms. The van der Waals surface area contributed by atoms with Gasteiger partial charge in [0.2, 0.25) is 5.91 Å². The fraction of sp³-hybridized carbons (Fsp3) is 0.867. The number of hydrogen-bond acceptors (Lipinski definition) is 4. The largest absolute Gasteiger partial charge is 0.467 e. The Morgan fingerprint density at radius 1 is 1.45 bits per heavy atom. The fourth-order valence-corrected chi connectivity index (χ4v) is 2.69. The maximum atomic E-state index is 12.5. The predicted octanol–water partition coefficient (Wildman–Crippen LogP) is 1.47. The molecule has 1 aliphatic heterocycles. The second-order valence-corrected chi connectivity index (χ2v) is 6.37. The fourth-order valence-electron chi connectivity index (χ4n) is 2.69. The van der Waals surface area contributed by atoms with E-state index in [1.54, 1.807) is 0 Å². The van der Waals surface area contributed by atoms with Gasteiger partial charge in [-0.05, 0) is 30.7 Å². The van der Waals surface area contributed by atoms with Crippen molar-refractivity contribution >= 4 is 11.9 Å². The van der Waals surface area contributed by atoms with Crippen LogP contribution in [0.1, 0.15) is 47.0 Å². The number of carbonyl (C=O) groups excluding carboxylic acids is 2. The third-order valence-electron chi connectivity index (χ3n) is 4.36. The number of ether oxygens (including phenoxy) is 1. The van der Waals surface area contributed by atoms with Crippen molar-refractivity contribution in [2.45, 2.75) is 59.0 Å². The molecule has 2 N–H and O–H groups in total. The summed E-state index contributed by atoms with van der Waals surface area (Å²) in [6.07, 6.45) is 2.88. The summed E-state index contributed by atoms with van der Waals surface area (Å²) in [5.74, 6) is -0.426. The molecule has 1 rings (SSSR count). The van der Waals surface area contributed by atoms with Gasteiger partial charge in [-0.15, -0.1) is 0 Å². The molecule has 3 atom stereocenters. The molecule has 1 aliphatic rings. The molecule has 0 radical (unpaired) electrons. The quantitative estimate of drug-likeness (QED) is 0.750. The highest BCUT2D eigenvalue weighted by molar-refractivity contribution is 5.88. The molecular weight excluding hydrogens is 256 g/mol. The van der Waals surface area contributed by atoms with Gasteiger partial charge in [0.25, 0.3) is 0 Å². The second-order valence-electron chi connectivity index (χ2n) is 6.37. The zero-order chi connectivity index (χ0) is 15.3. The molecule has 5 heteroatoms. The van der Waals surface area contributed by atoms with E-state index >= 15 is 0 Å². The summed E-state index contributed by atoms with van der Waals surface area (Å²) in [7, 11) is 1.35. The topological polar surface area (TPSA) is 67.4 Å². The van der Waals surface area contributed by atoms with Crippen molar-refractivity contribution in [2.24, 2.45) is 11.3 Å². The van der Waals surface area contributed by atoms with Crippen molar-refractivity contribution in [1.82, 2.24) is 10.6 Å². The van der Waals surface area contributed by atoms with Gasteiger partial charge in [-0.3, -0.25) is 4.79 Å². The van der Waals surface area contributed by atoms with Gasteiger partial charge < -0.3 is 15.4 Å². The number of nitrogens with one attached hydrogen (secondary N) is 2. The van der Waals surface area contributed by atoms with Crippen LogP contribution in [0.2, 0.25) is 0 Å². The lowest BCUT2D eigenvalue weighted by molar-refractivity contribution is -0.147. The Hall–Kier alpha value is -1.10. The summed E-state index contributed by atoms with van der Waals surface area (Å²) < 4.78 is 4.80. The number of methoxy groups -OCH3 is 1. The zero-order valence-electron chi connectivity index (χ0n) is 13.3. The van der Waals surface area contributed by atoms with E-state index in [-0.39, 0.29) is 29.3 Å². The van der Waals surface area contributed by atoms with Crippen LogP contribution < -0.4 is 10.6 Å². The number of esters is 1. The van der Waals surface area contributed by atoms with E-state index in [1.807, 2.05) is 13.8 Å². The third kappa shape index (κ3) is 3.95. The molecule has 1 saturated heterocycles. The monoisotopic (exact) mass is 284 g/mol. The molecule has 0 aromatic rings. The Balaban J connectivity index is 2.77. The van der Waals surface area contributed by atoms with E-state index in [2.05, 4.69) is 24.5 Å². The molecule has 0 aliphatic carbocycles. The van der Waals surface area contributed by atoms with E-state index in [0.717, 1.165) is 25.8 Å². The Bertz CT molecular complexity index is 355. The van der Waals surface area contributed by atoms with Gasteiger partial charge in [0, 0.05) is 0 Å². The van der Waals surface area contributed by atoms with Gasteiger partial charge in [0.15, 0.2) is 0 Å². The van der Waals surface area contributed by atoms with Gasteiger partial charge in [0.1, 0.15) is 6.04 Å². The molecule has 0 aromatic carbocycles. The van der Waals surface area contributed by atoms with Crippen molar-refractivity contribution in [2.75, 3.05) is 13.7 Å². The summed E-state index contributed by atoms with van der Waals surface area (Å²) in [6.45, 7) is 8.95. The number of amides is 1. The van der Waals surface area contributed by atoms with Gasteiger partial charge in [0.05, 0.1) is 13.2 Å². The first kappa shape index (κ1) is 17.0. The first-order valence-corrected chi connectivity index (χ1v) is 7.45. The lowest BCUT2D eigenvalue weighted by Gasteiger charge is -2.39. The van der Waals surface area contributed by atoms with Crippen molar-refractivity contribution in [3.05, 3.63) is 0 Å². The van der Waals surface area contributed by atoms with E-state index < -0.39 is 6.04 Å². The molecule has 0 bridgehead atoms. The van der Waals surface area contributed by atoms with Crippen LogP contribution in [0.3, 0.4) is 0 Å². The lowest BCUT2D eigenvalue weighted by Crippen LogP contribution is -2.59.